The molecule has 2 fully saturated rings. The summed E-state index contributed by atoms with van der Waals surface area (Å²) in [4.78, 5) is 64.8. The van der Waals surface area contributed by atoms with Crippen molar-refractivity contribution < 1.29 is 28.3 Å². The van der Waals surface area contributed by atoms with Gasteiger partial charge in [-0.1, -0.05) is 43.5 Å². The van der Waals surface area contributed by atoms with Crippen molar-refractivity contribution in [3.63, 3.8) is 0 Å². The minimum absolute atomic E-state index is 0.0153. The van der Waals surface area contributed by atoms with E-state index in [9.17, 15) is 23.6 Å². The molecule has 316 valence electrons. The fourth-order valence-electron chi connectivity index (χ4n) is 7.97. The molecule has 7 rings (SSSR count). The molecule has 1 aromatic heterocycles. The number of rotatable bonds is 19. The van der Waals surface area contributed by atoms with Gasteiger partial charge in [0.05, 0.1) is 22.8 Å². The summed E-state index contributed by atoms with van der Waals surface area (Å²) in [6.45, 7) is 11.3. The Morgan fingerprint density at radius 1 is 0.950 bits per heavy atom. The van der Waals surface area contributed by atoms with Gasteiger partial charge in [-0.3, -0.25) is 24.5 Å². The van der Waals surface area contributed by atoms with Crippen LogP contribution in [-0.4, -0.2) is 107 Å². The number of imide groups is 1. The summed E-state index contributed by atoms with van der Waals surface area (Å²) in [5, 5.41) is 12.5. The third-order valence-corrected chi connectivity index (χ3v) is 11.5. The van der Waals surface area contributed by atoms with Gasteiger partial charge in [0.15, 0.2) is 0 Å². The van der Waals surface area contributed by atoms with Crippen LogP contribution in [0.5, 0.6) is 5.75 Å². The number of ether oxygens (including phenoxy) is 1. The zero-order chi connectivity index (χ0) is 42.0. The van der Waals surface area contributed by atoms with E-state index in [0.717, 1.165) is 76.3 Å². The highest BCUT2D eigenvalue weighted by molar-refractivity contribution is 6.31. The Labute approximate surface area is 353 Å². The molecule has 60 heavy (non-hydrogen) atoms. The first kappa shape index (κ1) is 42.5. The van der Waals surface area contributed by atoms with Crippen LogP contribution in [0.1, 0.15) is 67.3 Å². The van der Waals surface area contributed by atoms with Gasteiger partial charge in [0.25, 0.3) is 5.91 Å². The summed E-state index contributed by atoms with van der Waals surface area (Å²) < 4.78 is 19.9. The Bertz CT molecular complexity index is 2230. The average Bonchev–Trinajstić information content (AvgIpc) is 3.58. The standard InChI is InChI=1S/C44H51ClFN9O5/c1-2-40(56)51-37-25-31-36(48-28-49-42(31)50-29-12-13-34(46)33(45)24-29)26-39(37)60-23-9-18-54-21-19-53(20-22-54)17-7-5-3-4-6-16-47-35-11-8-10-30-32(35)27-55(44(30)59)38-14-15-41(57)52-43(38)58/h2,8,10-13,24-26,28,38,47H,1,3-7,9,14-23,27H2,(H,51,56)(H,48,49,50)(H,52,57,58). The minimum atomic E-state index is -0.612. The first-order chi connectivity index (χ1) is 29.2. The zero-order valence-electron chi connectivity index (χ0n) is 33.6. The van der Waals surface area contributed by atoms with E-state index in [1.807, 2.05) is 18.2 Å². The third-order valence-electron chi connectivity index (χ3n) is 11.3. The highest BCUT2D eigenvalue weighted by Gasteiger charge is 2.39. The first-order valence-electron chi connectivity index (χ1n) is 20.7. The van der Waals surface area contributed by atoms with E-state index in [1.54, 1.807) is 23.1 Å². The monoisotopic (exact) mass is 839 g/mol. The summed E-state index contributed by atoms with van der Waals surface area (Å²) in [6.07, 6.45) is 9.72. The molecule has 0 radical (unpaired) electrons. The minimum Gasteiger partial charge on any atom is -0.491 e. The smallest absolute Gasteiger partial charge is 0.255 e. The molecule has 3 aliphatic heterocycles. The molecule has 1 atom stereocenters. The molecule has 0 bridgehead atoms. The molecule has 0 saturated carbocycles. The van der Waals surface area contributed by atoms with Crippen molar-refractivity contribution >= 4 is 69.0 Å². The van der Waals surface area contributed by atoms with Crippen molar-refractivity contribution in [3.8, 4) is 5.75 Å². The van der Waals surface area contributed by atoms with Crippen LogP contribution in [0.25, 0.3) is 10.9 Å². The predicted octanol–water partition coefficient (Wildman–Crippen LogP) is 6.50. The molecule has 0 aliphatic carbocycles. The van der Waals surface area contributed by atoms with Crippen molar-refractivity contribution in [2.75, 3.05) is 68.4 Å². The van der Waals surface area contributed by atoms with Gasteiger partial charge < -0.3 is 35.4 Å². The Hall–Kier alpha value is -5.64. The van der Waals surface area contributed by atoms with Gasteiger partial charge in [-0.05, 0) is 74.7 Å². The number of benzene rings is 3. The third kappa shape index (κ3) is 10.6. The lowest BCUT2D eigenvalue weighted by molar-refractivity contribution is -0.137. The number of carbonyl (C=O) groups excluding carboxylic acids is 4. The number of unbranched alkanes of at least 4 members (excludes halogenated alkanes) is 4. The number of halogens is 2. The summed E-state index contributed by atoms with van der Waals surface area (Å²) in [6, 6.07) is 12.9. The molecule has 4 amide bonds. The summed E-state index contributed by atoms with van der Waals surface area (Å²) in [5.41, 5.74) is 4.10. The van der Waals surface area contributed by atoms with Crippen LogP contribution in [0.4, 0.5) is 27.3 Å². The average molecular weight is 840 g/mol. The van der Waals surface area contributed by atoms with Crippen LogP contribution in [0, 0.1) is 5.82 Å². The van der Waals surface area contributed by atoms with Crippen molar-refractivity contribution in [3.05, 3.63) is 89.5 Å². The van der Waals surface area contributed by atoms with Gasteiger partial charge in [0.1, 0.15) is 29.8 Å². The number of hydrogen-bond donors (Lipinski definition) is 4. The molecule has 1 unspecified atom stereocenters. The van der Waals surface area contributed by atoms with Crippen LogP contribution in [0.3, 0.4) is 0 Å². The topological polar surface area (TPSA) is 161 Å². The van der Waals surface area contributed by atoms with Gasteiger partial charge in [-0.2, -0.15) is 0 Å². The van der Waals surface area contributed by atoms with Gasteiger partial charge in [0, 0.05) is 86.2 Å². The number of aromatic nitrogens is 2. The number of anilines is 4. The fraction of sp³-hybridized carbons (Fsp3) is 0.409. The second kappa shape index (κ2) is 20.1. The van der Waals surface area contributed by atoms with Crippen LogP contribution in [-0.2, 0) is 20.9 Å². The second-order valence-corrected chi connectivity index (χ2v) is 15.8. The number of nitrogens with zero attached hydrogens (tertiary/aromatic N) is 5. The lowest BCUT2D eigenvalue weighted by atomic mass is 10.0. The van der Waals surface area contributed by atoms with Crippen molar-refractivity contribution in [1.82, 2.24) is 30.0 Å². The Morgan fingerprint density at radius 2 is 1.72 bits per heavy atom. The fourth-order valence-corrected chi connectivity index (χ4v) is 8.15. The number of piperidine rings is 1. The van der Waals surface area contributed by atoms with Crippen LogP contribution in [0.2, 0.25) is 5.02 Å². The lowest BCUT2D eigenvalue weighted by Crippen LogP contribution is -2.52. The van der Waals surface area contributed by atoms with E-state index >= 15 is 0 Å². The zero-order valence-corrected chi connectivity index (χ0v) is 34.4. The maximum absolute atomic E-state index is 13.7. The number of hydrogen-bond acceptors (Lipinski definition) is 11. The normalized spacial score (nSPS) is 17.1. The highest BCUT2D eigenvalue weighted by Crippen LogP contribution is 2.35. The van der Waals surface area contributed by atoms with Crippen molar-refractivity contribution in [2.45, 2.75) is 64.0 Å². The molecule has 16 heteroatoms. The van der Waals surface area contributed by atoms with Gasteiger partial charge in [-0.25, -0.2) is 14.4 Å². The Morgan fingerprint density at radius 3 is 2.48 bits per heavy atom. The molecular weight excluding hydrogens is 789 g/mol. The molecule has 4 N–H and O–H groups in total. The van der Waals surface area contributed by atoms with E-state index in [1.165, 1.54) is 43.8 Å². The lowest BCUT2D eigenvalue weighted by Gasteiger charge is -2.34. The highest BCUT2D eigenvalue weighted by atomic mass is 35.5. The van der Waals surface area contributed by atoms with E-state index in [2.05, 4.69) is 47.6 Å². The van der Waals surface area contributed by atoms with Crippen LogP contribution >= 0.6 is 11.6 Å². The molecule has 0 spiro atoms. The van der Waals surface area contributed by atoms with E-state index in [4.69, 9.17) is 16.3 Å². The van der Waals surface area contributed by atoms with Gasteiger partial charge >= 0.3 is 0 Å². The van der Waals surface area contributed by atoms with Crippen molar-refractivity contribution in [2.24, 2.45) is 0 Å². The van der Waals surface area contributed by atoms with E-state index in [-0.39, 0.29) is 29.2 Å². The maximum atomic E-state index is 13.7. The van der Waals surface area contributed by atoms with Gasteiger partial charge in [-0.15, -0.1) is 0 Å². The molecule has 3 aliphatic rings. The molecule has 4 aromatic rings. The summed E-state index contributed by atoms with van der Waals surface area (Å²) in [7, 11) is 0. The number of piperazine rings is 1. The molecule has 14 nitrogen and oxygen atoms in total. The molecule has 4 heterocycles. The number of carbonyl (C=O) groups is 4. The van der Waals surface area contributed by atoms with Crippen molar-refractivity contribution in [1.29, 1.82) is 0 Å². The maximum Gasteiger partial charge on any atom is 0.255 e. The molecule has 3 aromatic carbocycles. The predicted molar refractivity (Wildman–Crippen MR) is 230 cm³/mol. The second-order valence-electron chi connectivity index (χ2n) is 15.3. The van der Waals surface area contributed by atoms with Crippen LogP contribution in [0.15, 0.2) is 67.5 Å². The molecule has 2 saturated heterocycles. The van der Waals surface area contributed by atoms with Crippen LogP contribution < -0.4 is 26.0 Å². The Balaban J connectivity index is 0.781. The molecular formula is C44H51ClFN9O5. The number of fused-ring (bicyclic) bond motifs is 2. The quantitative estimate of drug-likeness (QED) is 0.0464. The number of nitrogens with one attached hydrogen (secondary N) is 4. The van der Waals surface area contributed by atoms with Gasteiger partial charge in [0.2, 0.25) is 17.7 Å². The largest absolute Gasteiger partial charge is 0.491 e. The summed E-state index contributed by atoms with van der Waals surface area (Å²) >= 11 is 5.97. The SMILES string of the molecule is C=CC(=O)Nc1cc2c(Nc3ccc(F)c(Cl)c3)ncnc2cc1OCCCN1CCN(CCCCCCCNc2cccc3c2CN(C2CCC(=O)NC2=O)C3=O)CC1. The first-order valence-corrected chi connectivity index (χ1v) is 21.1. The Kier molecular flexibility index (Phi) is 14.2. The number of amides is 4. The summed E-state index contributed by atoms with van der Waals surface area (Å²) in [5.74, 6) is -0.780. The van der Waals surface area contributed by atoms with E-state index in [0.29, 0.717) is 59.0 Å². The van der Waals surface area contributed by atoms with E-state index < -0.39 is 17.8 Å².